The highest BCUT2D eigenvalue weighted by Gasteiger charge is 2.08. The molecule has 0 unspecified atom stereocenters. The lowest BCUT2D eigenvalue weighted by molar-refractivity contribution is -0.119. The molecule has 4 nitrogen and oxygen atoms in total. The van der Waals surface area contributed by atoms with E-state index in [0.29, 0.717) is 25.8 Å². The van der Waals surface area contributed by atoms with Crippen LogP contribution in [-0.2, 0) is 14.6 Å². The minimum atomic E-state index is -2.91. The van der Waals surface area contributed by atoms with Gasteiger partial charge in [0.2, 0.25) is 0 Å². The molecule has 0 rings (SSSR count). The highest BCUT2D eigenvalue weighted by atomic mass is 32.2. The van der Waals surface area contributed by atoms with Crippen LogP contribution in [0.1, 0.15) is 51.9 Å². The first-order valence-corrected chi connectivity index (χ1v) is 8.26. The molecule has 0 aliphatic rings. The summed E-state index contributed by atoms with van der Waals surface area (Å²) in [5.74, 6) is 0.493. The maximum atomic E-state index is 11.4. The Morgan fingerprint density at radius 2 is 1.59 bits per heavy atom. The number of hydrogen-bond donors (Lipinski definition) is 1. The molecule has 0 aromatic heterocycles. The van der Waals surface area contributed by atoms with Gasteiger partial charge < -0.3 is 5.73 Å². The molecule has 0 fully saturated rings. The Kier molecular flexibility index (Phi) is 9.36. The first-order valence-electron chi connectivity index (χ1n) is 6.44. The number of carbonyl (C=O) groups excluding carboxylic acids is 1. The predicted octanol–water partition coefficient (Wildman–Crippen LogP) is 1.68. The van der Waals surface area contributed by atoms with Gasteiger partial charge in [-0.2, -0.15) is 0 Å². The number of hydrogen-bond acceptors (Lipinski definition) is 4. The highest BCUT2D eigenvalue weighted by Crippen LogP contribution is 2.06. The fourth-order valence-corrected chi connectivity index (χ4v) is 2.45. The van der Waals surface area contributed by atoms with Crippen molar-refractivity contribution >= 4 is 15.6 Å². The molecule has 2 N–H and O–H groups in total. The van der Waals surface area contributed by atoms with E-state index in [0.717, 1.165) is 25.7 Å². The second-order valence-corrected chi connectivity index (χ2v) is 6.80. The summed E-state index contributed by atoms with van der Waals surface area (Å²) in [4.78, 5) is 11.4. The van der Waals surface area contributed by atoms with Crippen molar-refractivity contribution in [3.63, 3.8) is 0 Å². The van der Waals surface area contributed by atoms with Crippen LogP contribution in [0, 0.1) is 0 Å². The molecule has 0 aromatic carbocycles. The van der Waals surface area contributed by atoms with Crippen LogP contribution in [-0.4, -0.2) is 32.3 Å². The van der Waals surface area contributed by atoms with Crippen molar-refractivity contribution in [3.05, 3.63) is 0 Å². The monoisotopic (exact) mass is 263 g/mol. The van der Waals surface area contributed by atoms with Gasteiger partial charge in [-0.05, 0) is 25.8 Å². The second-order valence-electron chi connectivity index (χ2n) is 4.33. The number of sulfone groups is 1. The molecule has 0 aliphatic carbocycles. The minimum Gasteiger partial charge on any atom is -0.330 e. The van der Waals surface area contributed by atoms with Crippen molar-refractivity contribution in [2.24, 2.45) is 5.73 Å². The van der Waals surface area contributed by atoms with Crippen LogP contribution in [0.25, 0.3) is 0 Å². The molecular weight excluding hydrogens is 238 g/mol. The normalized spacial score (nSPS) is 11.6. The van der Waals surface area contributed by atoms with Gasteiger partial charge in [-0.3, -0.25) is 4.79 Å². The first-order chi connectivity index (χ1) is 8.02. The quantitative estimate of drug-likeness (QED) is 0.575. The van der Waals surface area contributed by atoms with E-state index >= 15 is 0 Å². The number of rotatable bonds is 11. The Morgan fingerprint density at radius 3 is 2.18 bits per heavy atom. The van der Waals surface area contributed by atoms with Crippen molar-refractivity contribution in [3.8, 4) is 0 Å². The van der Waals surface area contributed by atoms with Gasteiger partial charge in [-0.25, -0.2) is 8.42 Å². The minimum absolute atomic E-state index is 0.141. The van der Waals surface area contributed by atoms with Gasteiger partial charge in [0.15, 0.2) is 0 Å². The topological polar surface area (TPSA) is 77.2 Å². The summed E-state index contributed by atoms with van der Waals surface area (Å²) in [6.07, 6.45) is 5.48. The molecule has 0 spiro atoms. The molecule has 0 amide bonds. The Morgan fingerprint density at radius 1 is 1.00 bits per heavy atom. The molecule has 102 valence electrons. The summed E-state index contributed by atoms with van der Waals surface area (Å²) < 4.78 is 22.4. The number of unbranched alkanes of at least 4 members (excludes halogenated alkanes) is 3. The fourth-order valence-electron chi connectivity index (χ4n) is 1.58. The maximum absolute atomic E-state index is 11.4. The third-order valence-corrected chi connectivity index (χ3v) is 4.55. The molecule has 0 radical (unpaired) electrons. The molecule has 0 aromatic rings. The van der Waals surface area contributed by atoms with E-state index in [-0.39, 0.29) is 17.3 Å². The Balaban J connectivity index is 3.47. The second kappa shape index (κ2) is 9.59. The van der Waals surface area contributed by atoms with Crippen LogP contribution in [0.15, 0.2) is 0 Å². The van der Waals surface area contributed by atoms with Crippen LogP contribution >= 0.6 is 0 Å². The molecule has 0 saturated heterocycles. The molecule has 5 heteroatoms. The van der Waals surface area contributed by atoms with E-state index in [9.17, 15) is 13.2 Å². The van der Waals surface area contributed by atoms with Gasteiger partial charge in [0.1, 0.15) is 15.6 Å². The van der Waals surface area contributed by atoms with Crippen LogP contribution in [0.4, 0.5) is 0 Å². The van der Waals surface area contributed by atoms with Crippen molar-refractivity contribution in [2.75, 3.05) is 18.1 Å². The van der Waals surface area contributed by atoms with Gasteiger partial charge >= 0.3 is 0 Å². The molecule has 0 heterocycles. The highest BCUT2D eigenvalue weighted by molar-refractivity contribution is 7.91. The van der Waals surface area contributed by atoms with Gasteiger partial charge in [0.05, 0.1) is 5.75 Å². The molecule has 0 aliphatic heterocycles. The first kappa shape index (κ1) is 16.6. The SMILES string of the molecule is CCS(=O)(=O)CCCC(=O)CCCCCCN. The summed E-state index contributed by atoms with van der Waals surface area (Å²) in [6, 6.07) is 0. The smallest absolute Gasteiger partial charge is 0.150 e. The van der Waals surface area contributed by atoms with Crippen LogP contribution < -0.4 is 5.73 Å². The van der Waals surface area contributed by atoms with Gasteiger partial charge in [-0.15, -0.1) is 0 Å². The summed E-state index contributed by atoms with van der Waals surface area (Å²) >= 11 is 0. The Hall–Kier alpha value is -0.420. The molecule has 0 bridgehead atoms. The fraction of sp³-hybridized carbons (Fsp3) is 0.917. The largest absolute Gasteiger partial charge is 0.330 e. The van der Waals surface area contributed by atoms with Gasteiger partial charge in [0, 0.05) is 18.6 Å². The van der Waals surface area contributed by atoms with Crippen LogP contribution in [0.5, 0.6) is 0 Å². The van der Waals surface area contributed by atoms with E-state index in [1.165, 1.54) is 0 Å². The lowest BCUT2D eigenvalue weighted by Crippen LogP contribution is -2.10. The summed E-state index contributed by atoms with van der Waals surface area (Å²) in [5, 5.41) is 0. The zero-order valence-corrected chi connectivity index (χ0v) is 11.6. The lowest BCUT2D eigenvalue weighted by atomic mass is 10.1. The molecule has 17 heavy (non-hydrogen) atoms. The van der Waals surface area contributed by atoms with Gasteiger partial charge in [-0.1, -0.05) is 19.8 Å². The lowest BCUT2D eigenvalue weighted by Gasteiger charge is -2.02. The number of carbonyl (C=O) groups is 1. The van der Waals surface area contributed by atoms with Crippen molar-refractivity contribution in [1.29, 1.82) is 0 Å². The molecule has 0 saturated carbocycles. The standard InChI is InChI=1S/C12H25NO3S/c1-2-17(15,16)11-7-9-12(14)8-5-3-4-6-10-13/h2-11,13H2,1H3. The zero-order valence-electron chi connectivity index (χ0n) is 10.8. The third-order valence-electron chi connectivity index (χ3n) is 2.76. The van der Waals surface area contributed by atoms with E-state index in [4.69, 9.17) is 5.73 Å². The predicted molar refractivity (Wildman–Crippen MR) is 70.7 cm³/mol. The van der Waals surface area contributed by atoms with Crippen molar-refractivity contribution in [2.45, 2.75) is 51.9 Å². The van der Waals surface area contributed by atoms with E-state index < -0.39 is 9.84 Å². The van der Waals surface area contributed by atoms with Crippen molar-refractivity contribution < 1.29 is 13.2 Å². The summed E-state index contributed by atoms with van der Waals surface area (Å²) in [5.41, 5.74) is 5.37. The molecular formula is C12H25NO3S. The Labute approximate surface area is 105 Å². The van der Waals surface area contributed by atoms with Gasteiger partial charge in [0.25, 0.3) is 0 Å². The third kappa shape index (κ3) is 10.5. The number of ketones is 1. The van der Waals surface area contributed by atoms with Crippen LogP contribution in [0.2, 0.25) is 0 Å². The van der Waals surface area contributed by atoms with Crippen molar-refractivity contribution in [1.82, 2.24) is 0 Å². The van der Waals surface area contributed by atoms with E-state index in [1.807, 2.05) is 0 Å². The van der Waals surface area contributed by atoms with E-state index in [1.54, 1.807) is 6.92 Å². The average molecular weight is 263 g/mol. The average Bonchev–Trinajstić information content (AvgIpc) is 2.28. The number of nitrogens with two attached hydrogens (primary N) is 1. The molecule has 0 atom stereocenters. The summed E-state index contributed by atoms with van der Waals surface area (Å²) in [7, 11) is -2.91. The van der Waals surface area contributed by atoms with E-state index in [2.05, 4.69) is 0 Å². The zero-order chi connectivity index (χ0) is 13.1. The summed E-state index contributed by atoms with van der Waals surface area (Å²) in [6.45, 7) is 2.34. The Bertz CT molecular complexity index is 299. The number of Topliss-reactive ketones (excluding diaryl/α,β-unsaturated/α-hetero) is 1. The maximum Gasteiger partial charge on any atom is 0.150 e. The van der Waals surface area contributed by atoms with Crippen LogP contribution in [0.3, 0.4) is 0 Å².